The highest BCUT2D eigenvalue weighted by Gasteiger charge is 2.32. The van der Waals surface area contributed by atoms with Gasteiger partial charge in [-0.1, -0.05) is 6.07 Å². The van der Waals surface area contributed by atoms with Gasteiger partial charge in [-0.15, -0.1) is 0 Å². The van der Waals surface area contributed by atoms with Gasteiger partial charge in [0.05, 0.1) is 40.7 Å². The first-order valence-electron chi connectivity index (χ1n) is 11.2. The molecule has 2 N–H and O–H groups in total. The number of hydrogen-bond donors (Lipinski definition) is 1. The number of hydrogen-bond acceptors (Lipinski definition) is 6. The van der Waals surface area contributed by atoms with Crippen LogP contribution in [0.4, 0.5) is 27.8 Å². The maximum atomic E-state index is 15.3. The summed E-state index contributed by atoms with van der Waals surface area (Å²) in [6.07, 6.45) is 1.01. The number of anilines is 1. The maximum absolute atomic E-state index is 15.3. The molecule has 0 bridgehead atoms. The van der Waals surface area contributed by atoms with Crippen LogP contribution in [-0.4, -0.2) is 35.1 Å². The maximum Gasteiger partial charge on any atom is 0.416 e. The fourth-order valence-corrected chi connectivity index (χ4v) is 4.10. The third-order valence-corrected chi connectivity index (χ3v) is 6.10. The number of rotatable bonds is 5. The molecule has 0 spiro atoms. The van der Waals surface area contributed by atoms with Crippen molar-refractivity contribution in [2.75, 3.05) is 5.73 Å². The van der Waals surface area contributed by atoms with E-state index in [1.165, 1.54) is 35.4 Å². The molecule has 194 valence electrons. The van der Waals surface area contributed by atoms with Crippen molar-refractivity contribution in [1.29, 1.82) is 0 Å². The van der Waals surface area contributed by atoms with E-state index in [2.05, 4.69) is 19.9 Å². The molecule has 38 heavy (non-hydrogen) atoms. The summed E-state index contributed by atoms with van der Waals surface area (Å²) in [6, 6.07) is 4.96. The quantitative estimate of drug-likeness (QED) is 0.325. The van der Waals surface area contributed by atoms with Gasteiger partial charge in [-0.3, -0.25) is 9.20 Å². The fraction of sp³-hybridized carbons (Fsp3) is 0.160. The molecule has 0 unspecified atom stereocenters. The van der Waals surface area contributed by atoms with Gasteiger partial charge in [0.2, 0.25) is 0 Å². The molecule has 0 radical (unpaired) electrons. The summed E-state index contributed by atoms with van der Waals surface area (Å²) in [5.41, 5.74) is 5.10. The van der Waals surface area contributed by atoms with Crippen LogP contribution < -0.4 is 5.73 Å². The van der Waals surface area contributed by atoms with Crippen molar-refractivity contribution in [2.45, 2.75) is 25.7 Å². The van der Waals surface area contributed by atoms with Gasteiger partial charge in [-0.05, 0) is 31.2 Å². The molecule has 0 saturated carbocycles. The summed E-state index contributed by atoms with van der Waals surface area (Å²) in [5.74, 6) is -2.68. The zero-order chi connectivity index (χ0) is 27.2. The van der Waals surface area contributed by atoms with Crippen LogP contribution in [0.25, 0.3) is 16.6 Å². The number of halogens is 5. The molecule has 0 aliphatic carbocycles. The lowest BCUT2D eigenvalue weighted by atomic mass is 10.1. The van der Waals surface area contributed by atoms with Gasteiger partial charge in [-0.25, -0.2) is 28.7 Å². The Hall–Kier alpha value is -4.68. The molecule has 0 fully saturated rings. The minimum atomic E-state index is -4.75. The van der Waals surface area contributed by atoms with Crippen molar-refractivity contribution < 1.29 is 26.7 Å². The Bertz CT molecular complexity index is 1670. The van der Waals surface area contributed by atoms with E-state index >= 15 is 4.39 Å². The molecule has 0 aliphatic heterocycles. The zero-order valence-corrected chi connectivity index (χ0v) is 19.6. The highest BCUT2D eigenvalue weighted by atomic mass is 19.4. The van der Waals surface area contributed by atoms with E-state index in [0.29, 0.717) is 23.2 Å². The number of aromatic nitrogens is 5. The lowest BCUT2D eigenvalue weighted by Gasteiger charge is -2.29. The Kier molecular flexibility index (Phi) is 6.13. The van der Waals surface area contributed by atoms with Crippen LogP contribution in [-0.2, 0) is 12.7 Å². The summed E-state index contributed by atoms with van der Waals surface area (Å²) in [5, 5.41) is 0. The van der Waals surface area contributed by atoms with E-state index in [-0.39, 0.29) is 28.3 Å². The number of imidazole rings is 1. The third kappa shape index (κ3) is 4.46. The second kappa shape index (κ2) is 9.32. The van der Waals surface area contributed by atoms with Crippen LogP contribution in [0, 0.1) is 11.6 Å². The second-order valence-electron chi connectivity index (χ2n) is 8.49. The second-order valence-corrected chi connectivity index (χ2v) is 8.49. The lowest BCUT2D eigenvalue weighted by Crippen LogP contribution is -2.35. The average molecular weight is 527 g/mol. The number of nitrogen functional groups attached to an aromatic ring is 1. The van der Waals surface area contributed by atoms with Crippen LogP contribution in [0.15, 0.2) is 61.3 Å². The average Bonchev–Trinajstić information content (AvgIpc) is 3.38. The van der Waals surface area contributed by atoms with Crippen LogP contribution in [0.2, 0.25) is 0 Å². The van der Waals surface area contributed by atoms with Crippen molar-refractivity contribution in [3.8, 4) is 0 Å². The number of nitrogens with two attached hydrogens (primary N) is 1. The van der Waals surface area contributed by atoms with Gasteiger partial charge in [0.1, 0.15) is 28.8 Å². The Balaban J connectivity index is 1.61. The van der Waals surface area contributed by atoms with E-state index in [4.69, 9.17) is 5.73 Å². The molecule has 2 aromatic carbocycles. The smallest absolute Gasteiger partial charge is 0.382 e. The van der Waals surface area contributed by atoms with Gasteiger partial charge < -0.3 is 10.6 Å². The predicted octanol–water partition coefficient (Wildman–Crippen LogP) is 4.96. The first-order valence-corrected chi connectivity index (χ1v) is 11.2. The van der Waals surface area contributed by atoms with Gasteiger partial charge in [0, 0.05) is 30.6 Å². The van der Waals surface area contributed by atoms with E-state index in [1.807, 2.05) is 0 Å². The molecule has 1 atom stereocenters. The molecule has 0 aliphatic rings. The minimum absolute atomic E-state index is 0.114. The van der Waals surface area contributed by atoms with E-state index in [9.17, 15) is 22.4 Å². The topological polar surface area (TPSA) is 102 Å². The Morgan fingerprint density at radius 3 is 2.50 bits per heavy atom. The summed E-state index contributed by atoms with van der Waals surface area (Å²) in [4.78, 5) is 31.3. The van der Waals surface area contributed by atoms with E-state index < -0.39 is 41.9 Å². The number of amides is 1. The first-order chi connectivity index (χ1) is 18.0. The summed E-state index contributed by atoms with van der Waals surface area (Å²) >= 11 is 0. The Labute approximate surface area is 211 Å². The highest BCUT2D eigenvalue weighted by molar-refractivity contribution is 5.98. The van der Waals surface area contributed by atoms with Crippen molar-refractivity contribution >= 4 is 28.3 Å². The largest absolute Gasteiger partial charge is 0.416 e. The molecule has 13 heteroatoms. The molecule has 3 heterocycles. The normalized spacial score (nSPS) is 12.7. The number of carbonyl (C=O) groups is 1. The Morgan fingerprint density at radius 2 is 1.82 bits per heavy atom. The van der Waals surface area contributed by atoms with E-state index in [0.717, 1.165) is 17.0 Å². The molecular weight excluding hydrogens is 509 g/mol. The molecule has 1 amide bonds. The molecule has 5 aromatic rings. The van der Waals surface area contributed by atoms with Crippen LogP contribution in [0.3, 0.4) is 0 Å². The molecule has 8 nitrogen and oxygen atoms in total. The molecule has 5 rings (SSSR count). The van der Waals surface area contributed by atoms with Crippen molar-refractivity contribution in [3.63, 3.8) is 0 Å². The first kappa shape index (κ1) is 25.0. The fourth-order valence-electron chi connectivity index (χ4n) is 4.10. The number of benzene rings is 2. The highest BCUT2D eigenvalue weighted by Crippen LogP contribution is 2.32. The van der Waals surface area contributed by atoms with Gasteiger partial charge in [0.25, 0.3) is 5.91 Å². The summed E-state index contributed by atoms with van der Waals surface area (Å²) in [7, 11) is 0. The number of alkyl halides is 3. The number of carbonyl (C=O) groups excluding carboxylic acids is 1. The van der Waals surface area contributed by atoms with Crippen LogP contribution in [0.5, 0.6) is 0 Å². The monoisotopic (exact) mass is 527 g/mol. The third-order valence-electron chi connectivity index (χ3n) is 6.10. The van der Waals surface area contributed by atoms with Gasteiger partial charge in [0.15, 0.2) is 0 Å². The standard InChI is InChI=1S/C25H18F5N7O/c1-13(23-33-5-2-6-34-23)36(11-14-3-4-15(7-17(14)26)25(28,29)30)24(38)16-8-20-19(9-18(16)27)35-22(31)21-10-32-12-37(20)21/h2-10,12-13H,11H2,1H3,(H2,31,35)/t13-/m1/s1. The minimum Gasteiger partial charge on any atom is -0.382 e. The lowest BCUT2D eigenvalue weighted by molar-refractivity contribution is -0.137. The zero-order valence-electron chi connectivity index (χ0n) is 19.6. The van der Waals surface area contributed by atoms with Crippen molar-refractivity contribution in [2.24, 2.45) is 0 Å². The number of nitrogens with zero attached hydrogens (tertiary/aromatic N) is 6. The summed E-state index contributed by atoms with van der Waals surface area (Å²) < 4.78 is 70.7. The van der Waals surface area contributed by atoms with Crippen molar-refractivity contribution in [3.05, 3.63) is 95.5 Å². The Morgan fingerprint density at radius 1 is 1.08 bits per heavy atom. The number of fused-ring (bicyclic) bond motifs is 3. The molecular formula is C25H18F5N7O. The van der Waals surface area contributed by atoms with E-state index in [1.54, 1.807) is 13.0 Å². The van der Waals surface area contributed by atoms with Crippen LogP contribution >= 0.6 is 0 Å². The molecule has 0 saturated heterocycles. The van der Waals surface area contributed by atoms with Crippen molar-refractivity contribution in [1.82, 2.24) is 29.2 Å². The SMILES string of the molecule is C[C@H](c1ncccn1)N(Cc1ccc(C(F)(F)F)cc1F)C(=O)c1cc2c(cc1F)nc(N)c1cncn12. The molecule has 3 aromatic heterocycles. The summed E-state index contributed by atoms with van der Waals surface area (Å²) in [6.45, 7) is 1.06. The van der Waals surface area contributed by atoms with Gasteiger partial charge in [-0.2, -0.15) is 13.2 Å². The van der Waals surface area contributed by atoms with Crippen LogP contribution in [0.1, 0.15) is 40.3 Å². The van der Waals surface area contributed by atoms with Gasteiger partial charge >= 0.3 is 6.18 Å². The predicted molar refractivity (Wildman–Crippen MR) is 127 cm³/mol.